The van der Waals surface area contributed by atoms with E-state index in [0.717, 1.165) is 30.9 Å². The molecule has 134 valence electrons. The van der Waals surface area contributed by atoms with Crippen LogP contribution in [0.5, 0.6) is 5.75 Å². The van der Waals surface area contributed by atoms with Gasteiger partial charge in [-0.05, 0) is 63.0 Å². The number of carbonyl (C=O) groups excluding carboxylic acids is 1. The number of hydrogen-bond acceptors (Lipinski definition) is 5. The molecule has 1 aliphatic heterocycles. The number of carbonyl (C=O) groups is 1. The molecule has 1 aromatic carbocycles. The van der Waals surface area contributed by atoms with E-state index >= 15 is 0 Å². The quantitative estimate of drug-likeness (QED) is 0.828. The first-order valence-electron chi connectivity index (χ1n) is 8.45. The summed E-state index contributed by atoms with van der Waals surface area (Å²) < 4.78 is 18.5. The van der Waals surface area contributed by atoms with Crippen LogP contribution >= 0.6 is 11.3 Å². The lowest BCUT2D eigenvalue weighted by atomic mass is 10.00. The number of amides is 1. The standard InChI is InChI=1S/C18H22FN3O2S/c1-12-17(18(23)21-10-13-3-2-8-20-9-13)25-16(22-12)11-24-15-6-4-14(19)5-7-15/h4-7,13,20H,2-3,8-11H2,1H3,(H,21,23). The van der Waals surface area contributed by atoms with E-state index in [9.17, 15) is 9.18 Å². The number of aromatic nitrogens is 1. The van der Waals surface area contributed by atoms with Crippen molar-refractivity contribution in [3.05, 3.63) is 45.7 Å². The average Bonchev–Trinajstić information content (AvgIpc) is 3.01. The van der Waals surface area contributed by atoms with Crippen LogP contribution in [0.1, 0.15) is 33.2 Å². The minimum Gasteiger partial charge on any atom is -0.486 e. The van der Waals surface area contributed by atoms with Crippen molar-refractivity contribution in [2.75, 3.05) is 19.6 Å². The molecule has 2 aromatic rings. The molecule has 7 heteroatoms. The van der Waals surface area contributed by atoms with Gasteiger partial charge < -0.3 is 15.4 Å². The molecule has 2 heterocycles. The highest BCUT2D eigenvalue weighted by atomic mass is 32.1. The number of aryl methyl sites for hydroxylation is 1. The highest BCUT2D eigenvalue weighted by Gasteiger charge is 2.18. The van der Waals surface area contributed by atoms with Gasteiger partial charge in [-0.3, -0.25) is 4.79 Å². The second kappa shape index (κ2) is 8.40. The van der Waals surface area contributed by atoms with Crippen molar-refractivity contribution in [3.8, 4) is 5.75 Å². The maximum Gasteiger partial charge on any atom is 0.263 e. The largest absolute Gasteiger partial charge is 0.486 e. The van der Waals surface area contributed by atoms with Crippen molar-refractivity contribution in [2.24, 2.45) is 5.92 Å². The Labute approximate surface area is 150 Å². The van der Waals surface area contributed by atoms with E-state index in [-0.39, 0.29) is 18.3 Å². The van der Waals surface area contributed by atoms with Crippen LogP contribution in [0.25, 0.3) is 0 Å². The first-order valence-corrected chi connectivity index (χ1v) is 9.27. The lowest BCUT2D eigenvalue weighted by molar-refractivity contribution is 0.0948. The predicted molar refractivity (Wildman–Crippen MR) is 95.5 cm³/mol. The Balaban J connectivity index is 1.53. The SMILES string of the molecule is Cc1nc(COc2ccc(F)cc2)sc1C(=O)NCC1CCCNC1. The van der Waals surface area contributed by atoms with Crippen LogP contribution in [-0.2, 0) is 6.61 Å². The molecule has 1 aliphatic rings. The fraction of sp³-hybridized carbons (Fsp3) is 0.444. The fourth-order valence-corrected chi connectivity index (χ4v) is 3.71. The smallest absolute Gasteiger partial charge is 0.263 e. The summed E-state index contributed by atoms with van der Waals surface area (Å²) in [5.41, 5.74) is 0.710. The van der Waals surface area contributed by atoms with E-state index in [1.807, 2.05) is 6.92 Å². The zero-order valence-corrected chi connectivity index (χ0v) is 15.0. The summed E-state index contributed by atoms with van der Waals surface area (Å²) in [4.78, 5) is 17.4. The lowest BCUT2D eigenvalue weighted by Gasteiger charge is -2.22. The molecular weight excluding hydrogens is 341 g/mol. The molecule has 25 heavy (non-hydrogen) atoms. The first-order chi connectivity index (χ1) is 12.1. The van der Waals surface area contributed by atoms with E-state index in [2.05, 4.69) is 15.6 Å². The number of thiazole rings is 1. The molecule has 0 bridgehead atoms. The van der Waals surface area contributed by atoms with Crippen LogP contribution in [0.3, 0.4) is 0 Å². The number of piperidine rings is 1. The maximum atomic E-state index is 12.9. The third kappa shape index (κ3) is 4.99. The monoisotopic (exact) mass is 363 g/mol. The molecule has 1 saturated heterocycles. The van der Waals surface area contributed by atoms with Gasteiger partial charge in [-0.1, -0.05) is 0 Å². The van der Waals surface area contributed by atoms with Gasteiger partial charge in [0, 0.05) is 6.54 Å². The van der Waals surface area contributed by atoms with Gasteiger partial charge in [0.05, 0.1) is 5.69 Å². The van der Waals surface area contributed by atoms with Crippen LogP contribution in [0.2, 0.25) is 0 Å². The summed E-state index contributed by atoms with van der Waals surface area (Å²) in [7, 11) is 0. The third-order valence-electron chi connectivity index (χ3n) is 4.17. The van der Waals surface area contributed by atoms with Crippen molar-refractivity contribution in [1.82, 2.24) is 15.6 Å². The van der Waals surface area contributed by atoms with E-state index in [1.165, 1.54) is 23.5 Å². The summed E-state index contributed by atoms with van der Waals surface area (Å²) in [6.07, 6.45) is 2.30. The topological polar surface area (TPSA) is 63.2 Å². The summed E-state index contributed by atoms with van der Waals surface area (Å²) in [6.45, 7) is 4.80. The van der Waals surface area contributed by atoms with Crippen LogP contribution < -0.4 is 15.4 Å². The molecule has 0 aliphatic carbocycles. The predicted octanol–water partition coefficient (Wildman–Crippen LogP) is 2.90. The molecule has 0 radical (unpaired) electrons. The molecule has 1 aromatic heterocycles. The number of ether oxygens (including phenoxy) is 1. The normalized spacial score (nSPS) is 17.3. The van der Waals surface area contributed by atoms with Gasteiger partial charge in [0.15, 0.2) is 0 Å². The van der Waals surface area contributed by atoms with Gasteiger partial charge in [-0.15, -0.1) is 11.3 Å². The minimum atomic E-state index is -0.301. The average molecular weight is 363 g/mol. The van der Waals surface area contributed by atoms with E-state index in [0.29, 0.717) is 28.8 Å². The molecular formula is C18H22FN3O2S. The highest BCUT2D eigenvalue weighted by molar-refractivity contribution is 7.13. The van der Waals surface area contributed by atoms with Crippen molar-refractivity contribution >= 4 is 17.2 Å². The number of hydrogen-bond donors (Lipinski definition) is 2. The zero-order valence-electron chi connectivity index (χ0n) is 14.2. The van der Waals surface area contributed by atoms with Crippen LogP contribution in [0.15, 0.2) is 24.3 Å². The second-order valence-corrected chi connectivity index (χ2v) is 7.27. The maximum absolute atomic E-state index is 12.9. The van der Waals surface area contributed by atoms with Gasteiger partial charge in [-0.2, -0.15) is 0 Å². The summed E-state index contributed by atoms with van der Waals surface area (Å²) in [6, 6.07) is 5.84. The van der Waals surface area contributed by atoms with Crippen molar-refractivity contribution in [3.63, 3.8) is 0 Å². The number of nitrogens with one attached hydrogen (secondary N) is 2. The van der Waals surface area contributed by atoms with E-state index in [4.69, 9.17) is 4.74 Å². The molecule has 1 unspecified atom stereocenters. The highest BCUT2D eigenvalue weighted by Crippen LogP contribution is 2.21. The van der Waals surface area contributed by atoms with Crippen molar-refractivity contribution in [2.45, 2.75) is 26.4 Å². The van der Waals surface area contributed by atoms with Gasteiger partial charge in [0.1, 0.15) is 28.1 Å². The van der Waals surface area contributed by atoms with Crippen LogP contribution in [0.4, 0.5) is 4.39 Å². The Kier molecular flexibility index (Phi) is 5.99. The van der Waals surface area contributed by atoms with Crippen molar-refractivity contribution in [1.29, 1.82) is 0 Å². The molecule has 0 spiro atoms. The summed E-state index contributed by atoms with van der Waals surface area (Å²) in [5, 5.41) is 7.09. The zero-order chi connectivity index (χ0) is 17.6. The Morgan fingerprint density at radius 2 is 2.24 bits per heavy atom. The lowest BCUT2D eigenvalue weighted by Crippen LogP contribution is -2.38. The van der Waals surface area contributed by atoms with E-state index in [1.54, 1.807) is 12.1 Å². The molecule has 1 fully saturated rings. The van der Waals surface area contributed by atoms with Gasteiger partial charge >= 0.3 is 0 Å². The number of benzene rings is 1. The number of rotatable bonds is 6. The molecule has 0 saturated carbocycles. The second-order valence-electron chi connectivity index (χ2n) is 6.19. The van der Waals surface area contributed by atoms with E-state index < -0.39 is 0 Å². The summed E-state index contributed by atoms with van der Waals surface area (Å²) in [5.74, 6) is 0.690. The molecule has 3 rings (SSSR count). The molecule has 2 N–H and O–H groups in total. The Morgan fingerprint density at radius 1 is 1.44 bits per heavy atom. The van der Waals surface area contributed by atoms with Gasteiger partial charge in [-0.25, -0.2) is 9.37 Å². The number of nitrogens with zero attached hydrogens (tertiary/aromatic N) is 1. The van der Waals surface area contributed by atoms with Gasteiger partial charge in [0.25, 0.3) is 5.91 Å². The molecule has 5 nitrogen and oxygen atoms in total. The fourth-order valence-electron chi connectivity index (χ4n) is 2.82. The van der Waals surface area contributed by atoms with Crippen LogP contribution in [-0.4, -0.2) is 30.5 Å². The molecule has 1 amide bonds. The Hall–Kier alpha value is -1.99. The Bertz CT molecular complexity index is 712. The summed E-state index contributed by atoms with van der Waals surface area (Å²) >= 11 is 1.34. The minimum absolute atomic E-state index is 0.0754. The van der Waals surface area contributed by atoms with Gasteiger partial charge in [0.2, 0.25) is 0 Å². The Morgan fingerprint density at radius 3 is 2.96 bits per heavy atom. The molecule has 1 atom stereocenters. The number of halogens is 1. The van der Waals surface area contributed by atoms with Crippen LogP contribution in [0, 0.1) is 18.7 Å². The van der Waals surface area contributed by atoms with Crippen molar-refractivity contribution < 1.29 is 13.9 Å². The third-order valence-corrected chi connectivity index (χ3v) is 5.30. The first kappa shape index (κ1) is 17.8.